The summed E-state index contributed by atoms with van der Waals surface area (Å²) < 4.78 is 1.03. The number of hydrogen-bond donors (Lipinski definition) is 1. The third-order valence-corrected chi connectivity index (χ3v) is 5.01. The van der Waals surface area contributed by atoms with Gasteiger partial charge in [-0.05, 0) is 22.0 Å². The van der Waals surface area contributed by atoms with Crippen molar-refractivity contribution < 1.29 is 4.79 Å². The minimum atomic E-state index is -0.0474. The van der Waals surface area contributed by atoms with Crippen molar-refractivity contribution in [3.63, 3.8) is 0 Å². The van der Waals surface area contributed by atoms with Gasteiger partial charge in [-0.25, -0.2) is 5.43 Å². The molecule has 98 valence electrons. The summed E-state index contributed by atoms with van der Waals surface area (Å²) in [6.07, 6.45) is 1.67. The molecule has 1 aromatic heterocycles. The predicted octanol–water partition coefficient (Wildman–Crippen LogP) is 2.01. The van der Waals surface area contributed by atoms with E-state index in [-0.39, 0.29) is 5.91 Å². The molecule has 0 unspecified atom stereocenters. The van der Waals surface area contributed by atoms with E-state index in [0.717, 1.165) is 33.9 Å². The highest BCUT2D eigenvalue weighted by atomic mass is 79.9. The number of carbonyl (C=O) groups is 1. The van der Waals surface area contributed by atoms with Crippen LogP contribution in [0.5, 0.6) is 0 Å². The minimum Gasteiger partial charge on any atom is -0.293 e. The minimum absolute atomic E-state index is 0.0474. The van der Waals surface area contributed by atoms with Gasteiger partial charge in [-0.2, -0.15) is 16.9 Å². The number of hydrazone groups is 1. The topological polar surface area (TPSA) is 44.7 Å². The van der Waals surface area contributed by atoms with Gasteiger partial charge in [0.1, 0.15) is 0 Å². The smallest absolute Gasteiger partial charge is 0.254 e. The van der Waals surface area contributed by atoms with Gasteiger partial charge in [0.05, 0.1) is 12.8 Å². The molecule has 1 aliphatic heterocycles. The molecule has 0 atom stereocenters. The second-order valence-corrected chi connectivity index (χ2v) is 6.93. The summed E-state index contributed by atoms with van der Waals surface area (Å²) in [6.45, 7) is 2.41. The first-order valence-electron chi connectivity index (χ1n) is 5.60. The van der Waals surface area contributed by atoms with E-state index in [1.807, 2.05) is 23.2 Å². The van der Waals surface area contributed by atoms with Crippen LogP contribution >= 0.6 is 39.0 Å². The fraction of sp³-hybridized carbons (Fsp3) is 0.455. The fourth-order valence-electron chi connectivity index (χ4n) is 1.56. The summed E-state index contributed by atoms with van der Waals surface area (Å²) in [5, 5.41) is 5.93. The normalized spacial score (nSPS) is 17.2. The van der Waals surface area contributed by atoms with Crippen molar-refractivity contribution in [2.75, 3.05) is 31.1 Å². The molecule has 2 rings (SSSR count). The number of nitrogens with one attached hydrogen (secondary N) is 1. The van der Waals surface area contributed by atoms with Crippen molar-refractivity contribution in [3.05, 3.63) is 20.8 Å². The van der Waals surface area contributed by atoms with Crippen LogP contribution in [0.4, 0.5) is 0 Å². The first-order chi connectivity index (χ1) is 8.74. The highest BCUT2D eigenvalue weighted by Gasteiger charge is 2.13. The van der Waals surface area contributed by atoms with Crippen LogP contribution in [0.1, 0.15) is 4.88 Å². The average Bonchev–Trinajstić information content (AvgIpc) is 2.76. The van der Waals surface area contributed by atoms with Crippen molar-refractivity contribution >= 4 is 51.2 Å². The maximum Gasteiger partial charge on any atom is 0.254 e. The van der Waals surface area contributed by atoms with Crippen molar-refractivity contribution in [2.24, 2.45) is 5.10 Å². The van der Waals surface area contributed by atoms with E-state index in [9.17, 15) is 4.79 Å². The van der Waals surface area contributed by atoms with Gasteiger partial charge in [-0.1, -0.05) is 0 Å². The van der Waals surface area contributed by atoms with Crippen molar-refractivity contribution in [3.8, 4) is 0 Å². The van der Waals surface area contributed by atoms with E-state index in [1.165, 1.54) is 0 Å². The highest BCUT2D eigenvalue weighted by molar-refractivity contribution is 9.10. The third kappa shape index (κ3) is 4.72. The quantitative estimate of drug-likeness (QED) is 0.669. The Hall–Kier alpha value is -0.370. The van der Waals surface area contributed by atoms with Gasteiger partial charge in [0.2, 0.25) is 0 Å². The summed E-state index contributed by atoms with van der Waals surface area (Å²) >= 11 is 6.88. The Morgan fingerprint density at radius 3 is 3.00 bits per heavy atom. The zero-order valence-electron chi connectivity index (χ0n) is 9.76. The number of hydrogen-bond acceptors (Lipinski definition) is 5. The average molecular weight is 348 g/mol. The van der Waals surface area contributed by atoms with E-state index in [2.05, 4.69) is 31.4 Å². The number of thioether (sulfide) groups is 1. The SMILES string of the molecule is O=C(CN1CCSCC1)N/N=C\c1cc(Br)cs1. The van der Waals surface area contributed by atoms with Gasteiger partial charge < -0.3 is 0 Å². The summed E-state index contributed by atoms with van der Waals surface area (Å²) in [4.78, 5) is 14.8. The molecule has 0 saturated carbocycles. The largest absolute Gasteiger partial charge is 0.293 e. The molecular weight excluding hydrogens is 334 g/mol. The zero-order chi connectivity index (χ0) is 12.8. The molecule has 1 fully saturated rings. The van der Waals surface area contributed by atoms with Crippen LogP contribution < -0.4 is 5.43 Å². The number of carbonyl (C=O) groups excluding carboxylic acids is 1. The molecule has 1 saturated heterocycles. The molecule has 0 bridgehead atoms. The van der Waals surface area contributed by atoms with Crippen molar-refractivity contribution in [1.82, 2.24) is 10.3 Å². The molecule has 1 aromatic rings. The fourth-order valence-corrected chi connectivity index (χ4v) is 3.84. The maximum absolute atomic E-state index is 11.6. The lowest BCUT2D eigenvalue weighted by atomic mass is 10.4. The van der Waals surface area contributed by atoms with E-state index < -0.39 is 0 Å². The predicted molar refractivity (Wildman–Crippen MR) is 81.5 cm³/mol. The first kappa shape index (κ1) is 14.0. The van der Waals surface area contributed by atoms with E-state index in [0.29, 0.717) is 6.54 Å². The number of amides is 1. The van der Waals surface area contributed by atoms with Gasteiger partial charge >= 0.3 is 0 Å². The summed E-state index contributed by atoms with van der Waals surface area (Å²) in [5.74, 6) is 2.17. The van der Waals surface area contributed by atoms with Gasteiger partial charge in [0.25, 0.3) is 5.91 Å². The maximum atomic E-state index is 11.6. The van der Waals surface area contributed by atoms with Gasteiger partial charge in [-0.3, -0.25) is 9.69 Å². The van der Waals surface area contributed by atoms with E-state index in [4.69, 9.17) is 0 Å². The molecule has 4 nitrogen and oxygen atoms in total. The van der Waals surface area contributed by atoms with E-state index >= 15 is 0 Å². The van der Waals surface area contributed by atoms with Crippen LogP contribution in [0.2, 0.25) is 0 Å². The van der Waals surface area contributed by atoms with Gasteiger partial charge in [0.15, 0.2) is 0 Å². The van der Waals surface area contributed by atoms with Crippen LogP contribution in [0.3, 0.4) is 0 Å². The molecule has 18 heavy (non-hydrogen) atoms. The molecular formula is C11H14BrN3OS2. The Bertz CT molecular complexity index is 430. The molecule has 1 amide bonds. The van der Waals surface area contributed by atoms with Crippen LogP contribution in [0, 0.1) is 0 Å². The Labute approximate surface area is 123 Å². The van der Waals surface area contributed by atoms with Crippen molar-refractivity contribution in [1.29, 1.82) is 0 Å². The molecule has 0 radical (unpaired) electrons. The number of nitrogens with zero attached hydrogens (tertiary/aromatic N) is 2. The Morgan fingerprint density at radius 1 is 1.56 bits per heavy atom. The lowest BCUT2D eigenvalue weighted by molar-refractivity contribution is -0.122. The van der Waals surface area contributed by atoms with E-state index in [1.54, 1.807) is 17.6 Å². The molecule has 2 heterocycles. The summed E-state index contributed by atoms with van der Waals surface area (Å²) in [5.41, 5.74) is 2.56. The lowest BCUT2D eigenvalue weighted by Gasteiger charge is -2.24. The molecule has 1 N–H and O–H groups in total. The Kier molecular flexibility index (Phi) is 5.68. The second kappa shape index (κ2) is 7.28. The summed E-state index contributed by atoms with van der Waals surface area (Å²) in [7, 11) is 0. The lowest BCUT2D eigenvalue weighted by Crippen LogP contribution is -2.40. The molecule has 1 aliphatic rings. The van der Waals surface area contributed by atoms with Crippen LogP contribution in [0.25, 0.3) is 0 Å². The molecule has 0 aliphatic carbocycles. The molecule has 0 aromatic carbocycles. The number of rotatable bonds is 4. The highest BCUT2D eigenvalue weighted by Crippen LogP contribution is 2.17. The number of thiophene rings is 1. The Balaban J connectivity index is 1.72. The van der Waals surface area contributed by atoms with Gasteiger partial charge in [0, 0.05) is 39.3 Å². The zero-order valence-corrected chi connectivity index (χ0v) is 13.0. The number of halogens is 1. The molecule has 7 heteroatoms. The third-order valence-electron chi connectivity index (χ3n) is 2.44. The van der Waals surface area contributed by atoms with Gasteiger partial charge in [-0.15, -0.1) is 11.3 Å². The first-order valence-corrected chi connectivity index (χ1v) is 8.43. The Morgan fingerprint density at radius 2 is 2.33 bits per heavy atom. The van der Waals surface area contributed by atoms with Crippen LogP contribution in [0.15, 0.2) is 21.0 Å². The second-order valence-electron chi connectivity index (χ2n) is 3.85. The van der Waals surface area contributed by atoms with Crippen LogP contribution in [-0.4, -0.2) is 48.2 Å². The van der Waals surface area contributed by atoms with Crippen LogP contribution in [-0.2, 0) is 4.79 Å². The summed E-state index contributed by atoms with van der Waals surface area (Å²) in [6, 6.07) is 1.96. The van der Waals surface area contributed by atoms with Crippen molar-refractivity contribution in [2.45, 2.75) is 0 Å². The standard InChI is InChI=1S/C11H14BrN3OS2/c12-9-5-10(18-8-9)6-13-14-11(16)7-15-1-3-17-4-2-15/h5-6,8H,1-4,7H2,(H,14,16)/b13-6-. The monoisotopic (exact) mass is 347 g/mol. The molecule has 0 spiro atoms.